The monoisotopic (exact) mass is 489 g/mol. The molecule has 2 aliphatic rings. The summed E-state index contributed by atoms with van der Waals surface area (Å²) in [7, 11) is 3.47. The van der Waals surface area contributed by atoms with Gasteiger partial charge in [0.2, 0.25) is 0 Å². The van der Waals surface area contributed by atoms with Gasteiger partial charge in [-0.15, -0.1) is 0 Å². The Labute approximate surface area is 199 Å². The van der Waals surface area contributed by atoms with Crippen molar-refractivity contribution in [3.8, 4) is 0 Å². The van der Waals surface area contributed by atoms with Gasteiger partial charge in [-0.2, -0.15) is 0 Å². The Morgan fingerprint density at radius 2 is 1.57 bits per heavy atom. The van der Waals surface area contributed by atoms with Crippen molar-refractivity contribution in [1.82, 2.24) is 0 Å². The minimum absolute atomic E-state index is 0. The van der Waals surface area contributed by atoms with Crippen molar-refractivity contribution in [2.45, 2.75) is 79.2 Å². The number of hydrogen-bond donors (Lipinski definition) is 0. The van der Waals surface area contributed by atoms with Crippen molar-refractivity contribution in [2.24, 2.45) is 35.5 Å². The Hall–Kier alpha value is 1.24. The van der Waals surface area contributed by atoms with Crippen LogP contribution in [0.4, 0.5) is 0 Å². The van der Waals surface area contributed by atoms with E-state index in [-0.39, 0.29) is 75.5 Å². The molecule has 8 heteroatoms. The molecule has 3 unspecified atom stereocenters. The van der Waals surface area contributed by atoms with E-state index in [0.717, 1.165) is 6.42 Å². The molecule has 0 aliphatic carbocycles. The van der Waals surface area contributed by atoms with E-state index in [9.17, 15) is 4.57 Å². The van der Waals surface area contributed by atoms with E-state index < -0.39 is 8.25 Å². The van der Waals surface area contributed by atoms with Gasteiger partial charge in [-0.3, -0.25) is 4.57 Å². The summed E-state index contributed by atoms with van der Waals surface area (Å²) < 4.78 is 35.4. The van der Waals surface area contributed by atoms with E-state index in [2.05, 4.69) is 48.5 Å². The van der Waals surface area contributed by atoms with Crippen LogP contribution in [0.1, 0.15) is 54.9 Å². The summed E-state index contributed by atoms with van der Waals surface area (Å²) in [4.78, 5) is 0. The SMILES string of the molecule is [B][C@@H]1O[C@H](CO[PH](=O)OCC2[C@@H](CC(C)C)O[C@@H](C)[C@H]2C)C(C(C)C)[C@@H]1C.[Y]. The molecule has 2 rings (SSSR count). The molecule has 0 amide bonds. The maximum Gasteiger partial charge on any atom is 0.319 e. The predicted molar refractivity (Wildman–Crippen MR) is 109 cm³/mol. The first-order chi connectivity index (χ1) is 12.6. The minimum atomic E-state index is -2.56. The zero-order valence-corrected chi connectivity index (χ0v) is 22.4. The number of rotatable bonds is 9. The molecular formula is C20H38BO5PY. The molecule has 2 saturated heterocycles. The van der Waals surface area contributed by atoms with Crippen LogP contribution in [0, 0.1) is 35.5 Å². The van der Waals surface area contributed by atoms with Gasteiger partial charge < -0.3 is 18.5 Å². The number of hydrogen-bond acceptors (Lipinski definition) is 5. The van der Waals surface area contributed by atoms with Crippen molar-refractivity contribution in [1.29, 1.82) is 0 Å². The fraction of sp³-hybridized carbons (Fsp3) is 1.00. The van der Waals surface area contributed by atoms with Crippen LogP contribution < -0.4 is 0 Å². The minimum Gasteiger partial charge on any atom is -0.382 e. The molecule has 0 saturated carbocycles. The van der Waals surface area contributed by atoms with Gasteiger partial charge >= 0.3 is 8.25 Å². The summed E-state index contributed by atoms with van der Waals surface area (Å²) in [5.41, 5.74) is 0. The van der Waals surface area contributed by atoms with Gasteiger partial charge in [0.1, 0.15) is 7.85 Å². The van der Waals surface area contributed by atoms with Crippen LogP contribution in [0.25, 0.3) is 0 Å². The molecule has 0 aromatic rings. The van der Waals surface area contributed by atoms with Crippen molar-refractivity contribution in [2.75, 3.05) is 13.2 Å². The van der Waals surface area contributed by atoms with Crippen LogP contribution in [0.2, 0.25) is 0 Å². The van der Waals surface area contributed by atoms with Crippen molar-refractivity contribution in [3.63, 3.8) is 0 Å². The fourth-order valence-electron chi connectivity index (χ4n) is 4.66. The first-order valence-electron chi connectivity index (χ1n) is 10.5. The van der Waals surface area contributed by atoms with Crippen molar-refractivity contribution >= 4 is 16.1 Å². The molecule has 2 heterocycles. The largest absolute Gasteiger partial charge is 0.382 e. The van der Waals surface area contributed by atoms with Crippen molar-refractivity contribution < 1.29 is 55.8 Å². The van der Waals surface area contributed by atoms with Crippen LogP contribution in [0.3, 0.4) is 0 Å². The Morgan fingerprint density at radius 3 is 2.14 bits per heavy atom. The van der Waals surface area contributed by atoms with Gasteiger partial charge in [-0.05, 0) is 42.9 Å². The summed E-state index contributed by atoms with van der Waals surface area (Å²) in [5, 5.41) is 0. The van der Waals surface area contributed by atoms with Crippen LogP contribution >= 0.6 is 8.25 Å². The quantitative estimate of drug-likeness (QED) is 0.358. The average molecular weight is 489 g/mol. The van der Waals surface area contributed by atoms with Gasteiger partial charge in [0.25, 0.3) is 0 Å². The molecule has 2 aliphatic heterocycles. The van der Waals surface area contributed by atoms with E-state index in [1.807, 2.05) is 0 Å². The zero-order valence-electron chi connectivity index (χ0n) is 18.6. The van der Waals surface area contributed by atoms with Crippen LogP contribution in [0.5, 0.6) is 0 Å². The van der Waals surface area contributed by atoms with E-state index in [1.165, 1.54) is 0 Å². The van der Waals surface area contributed by atoms with Gasteiger partial charge in [0.05, 0.1) is 31.5 Å². The molecule has 2 fully saturated rings. The van der Waals surface area contributed by atoms with Crippen LogP contribution in [0.15, 0.2) is 0 Å². The van der Waals surface area contributed by atoms with E-state index in [1.54, 1.807) is 0 Å². The van der Waals surface area contributed by atoms with Gasteiger partial charge in [-0.1, -0.05) is 41.5 Å². The molecule has 0 aromatic heterocycles. The molecule has 28 heavy (non-hydrogen) atoms. The molecule has 0 spiro atoms. The summed E-state index contributed by atoms with van der Waals surface area (Å²) in [6.45, 7) is 15.8. The summed E-state index contributed by atoms with van der Waals surface area (Å²) in [6.07, 6.45) is 1.22. The van der Waals surface area contributed by atoms with E-state index in [0.29, 0.717) is 30.3 Å². The standard InChI is InChI=1S/C20H38BO5P.Y/c1-11(2)8-17-16(13(5)15(7)25-17)9-23-27(22)24-10-18-19(12(3)4)14(6)20(21)26-18;/h11-20,27H,8-10H2,1-7H3;/t13-,14+,15+,16?,17-,18-,19?,20-;/m1./s1. The molecule has 159 valence electrons. The third-order valence-corrected chi connectivity index (χ3v) is 7.21. The Kier molecular flexibility index (Phi) is 12.0. The third-order valence-electron chi connectivity index (χ3n) is 6.40. The molecule has 0 N–H and O–H groups in total. The average Bonchev–Trinajstić information content (AvgIpc) is 3.00. The normalized spacial score (nSPS) is 39.5. The third kappa shape index (κ3) is 7.14. The predicted octanol–water partition coefficient (Wildman–Crippen LogP) is 4.29. The van der Waals surface area contributed by atoms with Crippen LogP contribution in [-0.2, 0) is 55.8 Å². The first-order valence-corrected chi connectivity index (χ1v) is 11.7. The second kappa shape index (κ2) is 12.3. The second-order valence-corrected chi connectivity index (χ2v) is 10.3. The van der Waals surface area contributed by atoms with E-state index in [4.69, 9.17) is 26.4 Å². The molecule has 0 aromatic carbocycles. The Morgan fingerprint density at radius 1 is 0.964 bits per heavy atom. The maximum atomic E-state index is 12.3. The first kappa shape index (κ1) is 27.3. The molecular weight excluding hydrogens is 451 g/mol. The molecule has 0 bridgehead atoms. The van der Waals surface area contributed by atoms with Gasteiger partial charge in [-0.25, -0.2) is 0 Å². The molecule has 3 radical (unpaired) electrons. The summed E-state index contributed by atoms with van der Waals surface area (Å²) in [6, 6.07) is -0.288. The second-order valence-electron chi connectivity index (χ2n) is 9.22. The Balaban J connectivity index is 0.00000392. The fourth-order valence-corrected chi connectivity index (χ4v) is 5.37. The molecule has 5 nitrogen and oxygen atoms in total. The summed E-state index contributed by atoms with van der Waals surface area (Å²) >= 11 is 0. The maximum absolute atomic E-state index is 12.3. The zero-order chi connectivity index (χ0) is 20.3. The summed E-state index contributed by atoms with van der Waals surface area (Å²) in [5.74, 6) is 2.18. The number of ether oxygens (including phenoxy) is 2. The smallest absolute Gasteiger partial charge is 0.319 e. The van der Waals surface area contributed by atoms with Crippen LogP contribution in [-0.4, -0.2) is 45.4 Å². The van der Waals surface area contributed by atoms with E-state index >= 15 is 0 Å². The van der Waals surface area contributed by atoms with Gasteiger partial charge in [0, 0.05) is 44.6 Å². The Bertz CT molecular complexity index is 493. The molecule has 9 atom stereocenters. The van der Waals surface area contributed by atoms with Crippen molar-refractivity contribution in [3.05, 3.63) is 0 Å². The topological polar surface area (TPSA) is 54.0 Å². The van der Waals surface area contributed by atoms with Gasteiger partial charge in [0.15, 0.2) is 0 Å².